The Bertz CT molecular complexity index is 259. The number of likely N-dealkylation sites (tertiary alicyclic amines) is 1. The van der Waals surface area contributed by atoms with Crippen molar-refractivity contribution in [2.75, 3.05) is 26.2 Å². The van der Waals surface area contributed by atoms with Crippen LogP contribution >= 0.6 is 0 Å². The van der Waals surface area contributed by atoms with E-state index in [2.05, 4.69) is 17.1 Å². The third kappa shape index (κ3) is 5.91. The second-order valence-corrected chi connectivity index (χ2v) is 5.90. The zero-order valence-corrected chi connectivity index (χ0v) is 12.7. The second-order valence-electron chi connectivity index (χ2n) is 5.90. The van der Waals surface area contributed by atoms with Crippen LogP contribution in [0.3, 0.4) is 0 Å². The van der Waals surface area contributed by atoms with Gasteiger partial charge < -0.3 is 15.3 Å². The smallest absolute Gasteiger partial charge is 0.223 e. The molecule has 1 fully saturated rings. The normalized spacial score (nSPS) is 19.6. The summed E-state index contributed by atoms with van der Waals surface area (Å²) in [6, 6.07) is 0. The zero-order valence-electron chi connectivity index (χ0n) is 12.7. The molecule has 0 bridgehead atoms. The maximum atomic E-state index is 11.8. The number of aliphatic hydroxyl groups excluding tert-OH is 1. The molecular formula is C15H30N2O2. The van der Waals surface area contributed by atoms with Gasteiger partial charge in [0.2, 0.25) is 5.91 Å². The van der Waals surface area contributed by atoms with E-state index in [1.165, 1.54) is 12.8 Å². The van der Waals surface area contributed by atoms with Crippen LogP contribution in [0, 0.1) is 11.8 Å². The number of piperidine rings is 1. The van der Waals surface area contributed by atoms with E-state index >= 15 is 0 Å². The Labute approximate surface area is 117 Å². The maximum absolute atomic E-state index is 11.8. The highest BCUT2D eigenvalue weighted by molar-refractivity contribution is 5.78. The van der Waals surface area contributed by atoms with Gasteiger partial charge in [-0.25, -0.2) is 0 Å². The fourth-order valence-electron chi connectivity index (χ4n) is 2.63. The SMILES string of the molecule is CCC(CC)C(=O)NC[C@H](O)CN1CCC(C)CC1. The summed E-state index contributed by atoms with van der Waals surface area (Å²) in [5.74, 6) is 0.974. The quantitative estimate of drug-likeness (QED) is 0.739. The van der Waals surface area contributed by atoms with Crippen molar-refractivity contribution in [1.29, 1.82) is 0 Å². The molecule has 2 N–H and O–H groups in total. The first-order valence-electron chi connectivity index (χ1n) is 7.74. The minimum absolute atomic E-state index is 0.0799. The summed E-state index contributed by atoms with van der Waals surface area (Å²) in [7, 11) is 0. The largest absolute Gasteiger partial charge is 0.390 e. The van der Waals surface area contributed by atoms with Crippen molar-refractivity contribution in [3.63, 3.8) is 0 Å². The minimum atomic E-state index is -0.452. The first-order valence-corrected chi connectivity index (χ1v) is 7.74. The van der Waals surface area contributed by atoms with Crippen LogP contribution in [0.4, 0.5) is 0 Å². The predicted octanol–water partition coefficient (Wildman–Crippen LogP) is 1.63. The average Bonchev–Trinajstić information content (AvgIpc) is 2.40. The Morgan fingerprint density at radius 1 is 1.32 bits per heavy atom. The van der Waals surface area contributed by atoms with E-state index in [-0.39, 0.29) is 11.8 Å². The van der Waals surface area contributed by atoms with Gasteiger partial charge in [0, 0.05) is 19.0 Å². The van der Waals surface area contributed by atoms with Crippen LogP contribution in [0.1, 0.15) is 46.5 Å². The molecular weight excluding hydrogens is 240 g/mol. The number of rotatable bonds is 7. The third-order valence-electron chi connectivity index (χ3n) is 4.21. The van der Waals surface area contributed by atoms with Crippen molar-refractivity contribution < 1.29 is 9.90 Å². The first-order chi connectivity index (χ1) is 9.06. The summed E-state index contributed by atoms with van der Waals surface area (Å²) < 4.78 is 0. The summed E-state index contributed by atoms with van der Waals surface area (Å²) in [5.41, 5.74) is 0. The topological polar surface area (TPSA) is 52.6 Å². The average molecular weight is 270 g/mol. The Morgan fingerprint density at radius 3 is 2.42 bits per heavy atom. The van der Waals surface area contributed by atoms with Gasteiger partial charge in [0.1, 0.15) is 0 Å². The summed E-state index contributed by atoms with van der Waals surface area (Å²) in [5, 5.41) is 12.9. The fourth-order valence-corrected chi connectivity index (χ4v) is 2.63. The molecule has 1 amide bonds. The maximum Gasteiger partial charge on any atom is 0.223 e. The van der Waals surface area contributed by atoms with E-state index in [9.17, 15) is 9.90 Å². The molecule has 0 aromatic carbocycles. The molecule has 4 heteroatoms. The van der Waals surface area contributed by atoms with Crippen LogP contribution in [0.2, 0.25) is 0 Å². The number of nitrogens with zero attached hydrogens (tertiary/aromatic N) is 1. The van der Waals surface area contributed by atoms with Crippen molar-refractivity contribution in [2.24, 2.45) is 11.8 Å². The summed E-state index contributed by atoms with van der Waals surface area (Å²) >= 11 is 0. The van der Waals surface area contributed by atoms with Gasteiger partial charge in [0.25, 0.3) is 0 Å². The minimum Gasteiger partial charge on any atom is -0.390 e. The lowest BCUT2D eigenvalue weighted by Crippen LogP contribution is -2.44. The highest BCUT2D eigenvalue weighted by Gasteiger charge is 2.19. The van der Waals surface area contributed by atoms with Gasteiger partial charge in [-0.15, -0.1) is 0 Å². The van der Waals surface area contributed by atoms with E-state index in [1.807, 2.05) is 13.8 Å². The molecule has 1 rings (SSSR count). The van der Waals surface area contributed by atoms with E-state index in [1.54, 1.807) is 0 Å². The van der Waals surface area contributed by atoms with Gasteiger partial charge in [-0.3, -0.25) is 4.79 Å². The van der Waals surface area contributed by atoms with Crippen LogP contribution in [0.5, 0.6) is 0 Å². The van der Waals surface area contributed by atoms with Gasteiger partial charge >= 0.3 is 0 Å². The van der Waals surface area contributed by atoms with Gasteiger partial charge in [-0.2, -0.15) is 0 Å². The van der Waals surface area contributed by atoms with Gasteiger partial charge in [0.05, 0.1) is 6.10 Å². The van der Waals surface area contributed by atoms with Crippen molar-refractivity contribution in [3.05, 3.63) is 0 Å². The highest BCUT2D eigenvalue weighted by Crippen LogP contribution is 2.15. The number of β-amino-alcohol motifs (C(OH)–C–C–N with tert-alkyl or cyclic N) is 1. The molecule has 0 aromatic rings. The van der Waals surface area contributed by atoms with E-state index in [0.717, 1.165) is 31.8 Å². The summed E-state index contributed by atoms with van der Waals surface area (Å²) in [6.45, 7) is 9.52. The van der Waals surface area contributed by atoms with Crippen molar-refractivity contribution in [1.82, 2.24) is 10.2 Å². The molecule has 1 aliphatic rings. The molecule has 0 aliphatic carbocycles. The fraction of sp³-hybridized carbons (Fsp3) is 0.933. The van der Waals surface area contributed by atoms with Crippen LogP contribution in [0.25, 0.3) is 0 Å². The number of amides is 1. The summed E-state index contributed by atoms with van der Waals surface area (Å²) in [4.78, 5) is 14.1. The molecule has 1 aliphatic heterocycles. The Balaban J connectivity index is 2.20. The molecule has 1 saturated heterocycles. The third-order valence-corrected chi connectivity index (χ3v) is 4.21. The van der Waals surface area contributed by atoms with E-state index < -0.39 is 6.10 Å². The van der Waals surface area contributed by atoms with Crippen molar-refractivity contribution in [3.8, 4) is 0 Å². The molecule has 0 spiro atoms. The zero-order chi connectivity index (χ0) is 14.3. The first kappa shape index (κ1) is 16.4. The van der Waals surface area contributed by atoms with Gasteiger partial charge in [-0.1, -0.05) is 20.8 Å². The van der Waals surface area contributed by atoms with Crippen LogP contribution in [0.15, 0.2) is 0 Å². The number of hydrogen-bond donors (Lipinski definition) is 2. The molecule has 112 valence electrons. The lowest BCUT2D eigenvalue weighted by molar-refractivity contribution is -0.125. The van der Waals surface area contributed by atoms with Crippen LogP contribution in [-0.4, -0.2) is 48.2 Å². The number of carbonyl (C=O) groups excluding carboxylic acids is 1. The lowest BCUT2D eigenvalue weighted by Gasteiger charge is -2.31. The Morgan fingerprint density at radius 2 is 1.89 bits per heavy atom. The van der Waals surface area contributed by atoms with Gasteiger partial charge in [-0.05, 0) is 44.7 Å². The van der Waals surface area contributed by atoms with Crippen molar-refractivity contribution in [2.45, 2.75) is 52.6 Å². The number of hydrogen-bond acceptors (Lipinski definition) is 3. The number of nitrogens with one attached hydrogen (secondary N) is 1. The Kier molecular flexibility index (Phi) is 7.39. The molecule has 0 saturated carbocycles. The molecule has 0 aromatic heterocycles. The molecule has 0 unspecified atom stereocenters. The highest BCUT2D eigenvalue weighted by atomic mass is 16.3. The molecule has 1 atom stereocenters. The van der Waals surface area contributed by atoms with Crippen LogP contribution in [-0.2, 0) is 4.79 Å². The monoisotopic (exact) mass is 270 g/mol. The van der Waals surface area contributed by atoms with E-state index in [4.69, 9.17) is 0 Å². The standard InChI is InChI=1S/C15H30N2O2/c1-4-13(5-2)15(19)16-10-14(18)11-17-8-6-12(3)7-9-17/h12-14,18H,4-11H2,1-3H3,(H,16,19)/t14-/m0/s1. The summed E-state index contributed by atoms with van der Waals surface area (Å²) in [6.07, 6.45) is 3.71. The molecule has 4 nitrogen and oxygen atoms in total. The number of carbonyl (C=O) groups is 1. The molecule has 0 radical (unpaired) electrons. The lowest BCUT2D eigenvalue weighted by atomic mass is 9.99. The molecule has 1 heterocycles. The van der Waals surface area contributed by atoms with E-state index in [0.29, 0.717) is 13.1 Å². The number of aliphatic hydroxyl groups is 1. The predicted molar refractivity (Wildman–Crippen MR) is 77.9 cm³/mol. The Hall–Kier alpha value is -0.610. The second kappa shape index (κ2) is 8.54. The van der Waals surface area contributed by atoms with Crippen molar-refractivity contribution >= 4 is 5.91 Å². The van der Waals surface area contributed by atoms with Crippen LogP contribution < -0.4 is 5.32 Å². The molecule has 19 heavy (non-hydrogen) atoms. The van der Waals surface area contributed by atoms with Gasteiger partial charge in [0.15, 0.2) is 0 Å².